The van der Waals surface area contributed by atoms with Crippen molar-refractivity contribution in [2.45, 2.75) is 0 Å². The summed E-state index contributed by atoms with van der Waals surface area (Å²) >= 11 is -0.303. The van der Waals surface area contributed by atoms with Crippen LogP contribution in [0.1, 0.15) is 0 Å². The second-order valence-electron chi connectivity index (χ2n) is 1.58. The average Bonchev–Trinajstić information content (AvgIpc) is 2.12. The van der Waals surface area contributed by atoms with Crippen LogP contribution in [0.5, 0.6) is 0 Å². The highest BCUT2D eigenvalue weighted by Crippen LogP contribution is 2.16. The molecule has 0 aliphatic rings. The molecule has 0 saturated heterocycles. The Morgan fingerprint density at radius 1 is 1.75 bits per heavy atom. The van der Waals surface area contributed by atoms with Crippen LogP contribution in [0, 0.1) is 6.26 Å². The van der Waals surface area contributed by atoms with Crippen LogP contribution < -0.4 is 0 Å². The van der Waals surface area contributed by atoms with Crippen LogP contribution in [0.25, 0.3) is 0 Å². The second-order valence-corrected chi connectivity index (χ2v) is 3.31. The highest BCUT2D eigenvalue weighted by Gasteiger charge is 1.87. The molecule has 0 aliphatic carbocycles. The van der Waals surface area contributed by atoms with Crippen LogP contribution in [0.4, 0.5) is 0 Å². The molecule has 0 amide bonds. The Bertz CT molecular complexity index is 145. The zero-order valence-corrected chi connectivity index (χ0v) is 5.68. The summed E-state index contributed by atoms with van der Waals surface area (Å²) in [4.78, 5) is 0. The molecule has 1 aromatic heterocycles. The molecule has 8 heavy (non-hydrogen) atoms. The van der Waals surface area contributed by atoms with Gasteiger partial charge in [0.15, 0.2) is 0 Å². The fourth-order valence-electron chi connectivity index (χ4n) is 0.463. The first-order valence-electron chi connectivity index (χ1n) is 2.35. The molecule has 0 N–H and O–H groups in total. The van der Waals surface area contributed by atoms with Gasteiger partial charge in [0, 0.05) is 18.6 Å². The molecular weight excluding hydrogens is 120 g/mol. The number of thiol groups is 1. The quantitative estimate of drug-likeness (QED) is 0.561. The maximum atomic E-state index is 4.00. The summed E-state index contributed by atoms with van der Waals surface area (Å²) in [5.74, 6) is 0. The molecule has 3 heteroatoms. The van der Waals surface area contributed by atoms with Gasteiger partial charge in [0.2, 0.25) is 0 Å². The minimum Gasteiger partial charge on any atom is -0.236 e. The number of hydrogen-bond acceptors (Lipinski definition) is 1. The van der Waals surface area contributed by atoms with Crippen LogP contribution in [-0.2, 0) is 0 Å². The summed E-state index contributed by atoms with van der Waals surface area (Å²) in [6, 6.07) is 1.91. The van der Waals surface area contributed by atoms with E-state index in [1.54, 1.807) is 6.20 Å². The number of hydrogen-bond donors (Lipinski definition) is 1. The molecule has 2 nitrogen and oxygen atoms in total. The van der Waals surface area contributed by atoms with Gasteiger partial charge in [-0.2, -0.15) is 16.2 Å². The van der Waals surface area contributed by atoms with Crippen molar-refractivity contribution in [2.75, 3.05) is 6.26 Å². The highest BCUT2D eigenvalue weighted by atomic mass is 32.2. The molecular formula is C5H9N2S. The zero-order valence-electron chi connectivity index (χ0n) is 4.78. The van der Waals surface area contributed by atoms with Crippen molar-refractivity contribution in [2.24, 2.45) is 0 Å². The summed E-state index contributed by atoms with van der Waals surface area (Å²) < 4.78 is 1.87. The standard InChI is InChI=1S/C5H9N2S/c1-8(2)7-5-3-4-6-7/h3-5,8H,1H2,2H3. The van der Waals surface area contributed by atoms with Gasteiger partial charge in [-0.3, -0.25) is 0 Å². The molecule has 1 unspecified atom stereocenters. The fourth-order valence-corrected chi connectivity index (χ4v) is 1.00. The van der Waals surface area contributed by atoms with E-state index in [0.29, 0.717) is 0 Å². The molecule has 45 valence electrons. The highest BCUT2D eigenvalue weighted by molar-refractivity contribution is 8.16. The zero-order chi connectivity index (χ0) is 5.98. The van der Waals surface area contributed by atoms with Gasteiger partial charge < -0.3 is 0 Å². The third kappa shape index (κ3) is 1.04. The Kier molecular flexibility index (Phi) is 1.58. The second kappa shape index (κ2) is 2.22. The largest absolute Gasteiger partial charge is 0.236 e. The Morgan fingerprint density at radius 2 is 2.50 bits per heavy atom. The lowest BCUT2D eigenvalue weighted by Crippen LogP contribution is -1.89. The molecule has 1 rings (SSSR count). The van der Waals surface area contributed by atoms with E-state index >= 15 is 0 Å². The van der Waals surface area contributed by atoms with Crippen LogP contribution >= 0.6 is 11.1 Å². The van der Waals surface area contributed by atoms with Crippen LogP contribution in [0.15, 0.2) is 18.5 Å². The van der Waals surface area contributed by atoms with Crippen LogP contribution in [0.3, 0.4) is 0 Å². The molecule has 0 fully saturated rings. The Labute approximate surface area is 52.0 Å². The molecule has 1 atom stereocenters. The van der Waals surface area contributed by atoms with Gasteiger partial charge >= 0.3 is 0 Å². The van der Waals surface area contributed by atoms with Gasteiger partial charge in [0.05, 0.1) is 0 Å². The molecule has 0 aliphatic heterocycles. The Morgan fingerprint density at radius 3 is 2.75 bits per heavy atom. The Hall–Kier alpha value is -0.440. The van der Waals surface area contributed by atoms with Gasteiger partial charge in [0.1, 0.15) is 0 Å². The van der Waals surface area contributed by atoms with Crippen molar-refractivity contribution in [3.8, 4) is 0 Å². The van der Waals surface area contributed by atoms with Crippen molar-refractivity contribution < 1.29 is 0 Å². The fraction of sp³-hybridized carbons (Fsp3) is 0.200. The maximum Gasteiger partial charge on any atom is 0.0499 e. The van der Waals surface area contributed by atoms with Gasteiger partial charge in [-0.1, -0.05) is 0 Å². The van der Waals surface area contributed by atoms with Gasteiger partial charge in [-0.25, -0.2) is 4.09 Å². The van der Waals surface area contributed by atoms with E-state index in [1.165, 1.54) is 0 Å². The lowest BCUT2D eigenvalue weighted by Gasteiger charge is -2.06. The predicted molar refractivity (Wildman–Crippen MR) is 37.9 cm³/mol. The van der Waals surface area contributed by atoms with E-state index < -0.39 is 0 Å². The van der Waals surface area contributed by atoms with E-state index in [9.17, 15) is 0 Å². The smallest absolute Gasteiger partial charge is 0.0499 e. The van der Waals surface area contributed by atoms with E-state index in [1.807, 2.05) is 16.4 Å². The van der Waals surface area contributed by atoms with Crippen LogP contribution in [0.2, 0.25) is 0 Å². The molecule has 0 bridgehead atoms. The molecule has 0 saturated carbocycles. The van der Waals surface area contributed by atoms with Crippen molar-refractivity contribution in [1.29, 1.82) is 0 Å². The molecule has 1 heterocycles. The number of rotatable bonds is 1. The summed E-state index contributed by atoms with van der Waals surface area (Å²) in [6.45, 7) is 0. The number of nitrogens with zero attached hydrogens (tertiary/aromatic N) is 2. The lowest BCUT2D eigenvalue weighted by atomic mass is 10.8. The number of aromatic nitrogens is 2. The molecule has 0 aromatic carbocycles. The minimum absolute atomic E-state index is 0.303. The minimum atomic E-state index is -0.303. The van der Waals surface area contributed by atoms with Gasteiger partial charge in [0.25, 0.3) is 0 Å². The van der Waals surface area contributed by atoms with Crippen molar-refractivity contribution >= 4 is 11.1 Å². The van der Waals surface area contributed by atoms with Crippen molar-refractivity contribution in [1.82, 2.24) is 9.19 Å². The monoisotopic (exact) mass is 129 g/mol. The summed E-state index contributed by atoms with van der Waals surface area (Å²) in [5.41, 5.74) is 0. The normalized spacial score (nSPS) is 11.5. The summed E-state index contributed by atoms with van der Waals surface area (Å²) in [5, 5.41) is 4.00. The topological polar surface area (TPSA) is 17.8 Å². The summed E-state index contributed by atoms with van der Waals surface area (Å²) in [6.07, 6.45) is 9.60. The van der Waals surface area contributed by atoms with Gasteiger partial charge in [-0.15, -0.1) is 0 Å². The van der Waals surface area contributed by atoms with Gasteiger partial charge in [-0.05, 0) is 12.3 Å². The summed E-state index contributed by atoms with van der Waals surface area (Å²) in [7, 11) is 0. The third-order valence-corrected chi connectivity index (χ3v) is 1.78. The Balaban J connectivity index is 2.77. The average molecular weight is 129 g/mol. The first-order valence-corrected chi connectivity index (χ1v) is 4.27. The lowest BCUT2D eigenvalue weighted by molar-refractivity contribution is 1.01. The molecule has 0 spiro atoms. The molecule has 1 radical (unpaired) electrons. The first kappa shape index (κ1) is 5.69. The molecule has 1 aromatic rings. The van der Waals surface area contributed by atoms with E-state index in [4.69, 9.17) is 0 Å². The van der Waals surface area contributed by atoms with E-state index in [2.05, 4.69) is 17.6 Å². The third-order valence-electron chi connectivity index (χ3n) is 0.840. The van der Waals surface area contributed by atoms with Crippen molar-refractivity contribution in [3.63, 3.8) is 0 Å². The van der Waals surface area contributed by atoms with Crippen LogP contribution in [-0.4, -0.2) is 15.4 Å². The van der Waals surface area contributed by atoms with Crippen molar-refractivity contribution in [3.05, 3.63) is 24.7 Å². The van der Waals surface area contributed by atoms with E-state index in [-0.39, 0.29) is 11.1 Å². The van der Waals surface area contributed by atoms with E-state index in [0.717, 1.165) is 0 Å². The first-order chi connectivity index (χ1) is 3.80. The SMILES string of the molecule is [CH2][SH](C)n1cccn1. The maximum absolute atomic E-state index is 4.00. The predicted octanol–water partition coefficient (Wildman–Crippen LogP) is 1.07.